The van der Waals surface area contributed by atoms with Gasteiger partial charge in [-0.2, -0.15) is 0 Å². The van der Waals surface area contributed by atoms with Crippen LogP contribution in [0.2, 0.25) is 18.1 Å². The molecule has 0 atom stereocenters. The molecule has 6 heteroatoms. The van der Waals surface area contributed by atoms with Gasteiger partial charge in [0.05, 0.1) is 16.4 Å². The third-order valence-corrected chi connectivity index (χ3v) is 11.2. The lowest BCUT2D eigenvalue weighted by Crippen LogP contribution is -2.40. The Kier molecular flexibility index (Phi) is 5.46. The van der Waals surface area contributed by atoms with E-state index in [4.69, 9.17) is 10.2 Å². The highest BCUT2D eigenvalue weighted by Crippen LogP contribution is 2.37. The molecule has 25 heavy (non-hydrogen) atoms. The predicted octanol–water partition coefficient (Wildman–Crippen LogP) is 4.62. The Bertz CT molecular complexity index is 838. The van der Waals surface area contributed by atoms with Crippen LogP contribution in [0, 0.1) is 0 Å². The first-order valence-corrected chi connectivity index (χ1v) is 12.7. The zero-order chi connectivity index (χ0) is 18.9. The van der Waals surface area contributed by atoms with Crippen molar-refractivity contribution in [3.05, 3.63) is 54.1 Å². The fourth-order valence-corrected chi connectivity index (χ4v) is 4.56. The molecule has 0 spiro atoms. The summed E-state index contributed by atoms with van der Waals surface area (Å²) in [7, 11) is -5.58. The van der Waals surface area contributed by atoms with Gasteiger partial charge in [0.1, 0.15) is 0 Å². The van der Waals surface area contributed by atoms with Crippen LogP contribution in [0.15, 0.2) is 58.3 Å². The normalized spacial score (nSPS) is 13.0. The smallest absolute Gasteiger partial charge is 0.206 e. The number of benzene rings is 2. The van der Waals surface area contributed by atoms with Gasteiger partial charge in [0.15, 0.2) is 8.32 Å². The Morgan fingerprint density at radius 1 is 1.00 bits per heavy atom. The third-order valence-electron chi connectivity index (χ3n) is 4.85. The van der Waals surface area contributed by atoms with Crippen LogP contribution >= 0.6 is 0 Å². The molecule has 136 valence electrons. The summed E-state index contributed by atoms with van der Waals surface area (Å²) in [6, 6.07) is 13.3. The summed E-state index contributed by atoms with van der Waals surface area (Å²) in [6.07, 6.45) is 0. The van der Waals surface area contributed by atoms with Crippen molar-refractivity contribution in [1.29, 1.82) is 0 Å². The molecule has 0 saturated carbocycles. The lowest BCUT2D eigenvalue weighted by atomic mass is 10.2. The molecular formula is C19H27NO3SSi. The number of rotatable bonds is 5. The first kappa shape index (κ1) is 19.7. The molecule has 2 aromatic carbocycles. The molecule has 0 heterocycles. The zero-order valence-corrected chi connectivity index (χ0v) is 17.4. The van der Waals surface area contributed by atoms with Crippen LogP contribution in [0.4, 0.5) is 5.69 Å². The predicted molar refractivity (Wildman–Crippen MR) is 105 cm³/mol. The second kappa shape index (κ2) is 6.94. The summed E-state index contributed by atoms with van der Waals surface area (Å²) in [6.45, 7) is 11.1. The van der Waals surface area contributed by atoms with Gasteiger partial charge < -0.3 is 10.2 Å². The molecule has 0 unspecified atom stereocenters. The second-order valence-corrected chi connectivity index (χ2v) is 14.5. The molecule has 0 amide bonds. The van der Waals surface area contributed by atoms with Gasteiger partial charge >= 0.3 is 0 Å². The van der Waals surface area contributed by atoms with Gasteiger partial charge in [-0.3, -0.25) is 0 Å². The number of anilines is 1. The van der Waals surface area contributed by atoms with Gasteiger partial charge in [0.25, 0.3) is 0 Å². The van der Waals surface area contributed by atoms with E-state index in [1.54, 1.807) is 24.3 Å². The first-order valence-electron chi connectivity index (χ1n) is 8.28. The number of sulfone groups is 1. The van der Waals surface area contributed by atoms with E-state index in [0.717, 1.165) is 0 Å². The fraction of sp³-hybridized carbons (Fsp3) is 0.368. The van der Waals surface area contributed by atoms with Crippen molar-refractivity contribution in [2.24, 2.45) is 0 Å². The molecule has 0 radical (unpaired) electrons. The van der Waals surface area contributed by atoms with Crippen molar-refractivity contribution in [2.75, 3.05) is 5.73 Å². The van der Waals surface area contributed by atoms with Gasteiger partial charge in [0, 0.05) is 5.69 Å². The molecule has 2 aromatic rings. The van der Waals surface area contributed by atoms with Gasteiger partial charge in [-0.15, -0.1) is 0 Å². The Morgan fingerprint density at radius 2 is 1.56 bits per heavy atom. The Balaban J connectivity index is 2.37. The summed E-state index contributed by atoms with van der Waals surface area (Å²) < 4.78 is 32.2. The van der Waals surface area contributed by atoms with Crippen molar-refractivity contribution in [3.63, 3.8) is 0 Å². The lowest BCUT2D eigenvalue weighted by molar-refractivity contribution is 0.273. The maximum absolute atomic E-state index is 13.0. The topological polar surface area (TPSA) is 69.4 Å². The average molecular weight is 378 g/mol. The van der Waals surface area contributed by atoms with E-state index < -0.39 is 18.2 Å². The zero-order valence-electron chi connectivity index (χ0n) is 15.5. The Hall–Kier alpha value is -1.63. The van der Waals surface area contributed by atoms with Crippen LogP contribution in [0.5, 0.6) is 0 Å². The van der Waals surface area contributed by atoms with Crippen LogP contribution in [-0.2, 0) is 20.9 Å². The highest BCUT2D eigenvalue weighted by Gasteiger charge is 2.37. The van der Waals surface area contributed by atoms with E-state index >= 15 is 0 Å². The van der Waals surface area contributed by atoms with Crippen LogP contribution in [0.25, 0.3) is 0 Å². The molecule has 2 rings (SSSR count). The van der Waals surface area contributed by atoms with Crippen molar-refractivity contribution in [3.8, 4) is 0 Å². The van der Waals surface area contributed by atoms with Gasteiger partial charge in [-0.05, 0) is 54.0 Å². The minimum atomic E-state index is -3.61. The lowest BCUT2D eigenvalue weighted by Gasteiger charge is -2.36. The molecule has 2 N–H and O–H groups in total. The highest BCUT2D eigenvalue weighted by molar-refractivity contribution is 7.91. The van der Waals surface area contributed by atoms with E-state index in [2.05, 4.69) is 33.9 Å². The maximum atomic E-state index is 13.0. The summed E-state index contributed by atoms with van der Waals surface area (Å²) in [5, 5.41) is 0.0672. The number of nitrogens with two attached hydrogens (primary N) is 1. The third kappa shape index (κ3) is 4.32. The molecule has 0 fully saturated rings. The van der Waals surface area contributed by atoms with Crippen LogP contribution in [0.1, 0.15) is 26.3 Å². The molecule has 0 bridgehead atoms. The van der Waals surface area contributed by atoms with Crippen molar-refractivity contribution >= 4 is 23.8 Å². The standard InChI is InChI=1S/C19H27NO3SSi/c1-19(2,3)25(4,5)23-14-15-8-6-7-9-18(15)24(21,22)17-12-10-16(20)11-13-17/h6-13H,14,20H2,1-5H3. The second-order valence-electron chi connectivity index (χ2n) is 7.73. The van der Waals surface area contributed by atoms with Gasteiger partial charge in [-0.1, -0.05) is 39.0 Å². The maximum Gasteiger partial charge on any atom is 0.206 e. The van der Waals surface area contributed by atoms with Gasteiger partial charge in [-0.25, -0.2) is 8.42 Å². The van der Waals surface area contributed by atoms with Crippen molar-refractivity contribution in [1.82, 2.24) is 0 Å². The monoisotopic (exact) mass is 377 g/mol. The molecule has 0 aliphatic heterocycles. The van der Waals surface area contributed by atoms with E-state index in [9.17, 15) is 8.42 Å². The molecule has 0 saturated heterocycles. The molecule has 0 aromatic heterocycles. The van der Waals surface area contributed by atoms with E-state index in [0.29, 0.717) is 22.8 Å². The van der Waals surface area contributed by atoms with E-state index in [-0.39, 0.29) is 9.93 Å². The molecule has 4 nitrogen and oxygen atoms in total. The summed E-state index contributed by atoms with van der Waals surface area (Å²) >= 11 is 0. The average Bonchev–Trinajstić information content (AvgIpc) is 2.52. The van der Waals surface area contributed by atoms with E-state index in [1.165, 1.54) is 12.1 Å². The Morgan fingerprint density at radius 3 is 2.12 bits per heavy atom. The summed E-state index contributed by atoms with van der Waals surface area (Å²) in [5.74, 6) is 0. The largest absolute Gasteiger partial charge is 0.413 e. The van der Waals surface area contributed by atoms with Crippen molar-refractivity contribution < 1.29 is 12.8 Å². The molecular weight excluding hydrogens is 350 g/mol. The quantitative estimate of drug-likeness (QED) is 0.609. The molecule has 0 aliphatic rings. The first-order chi connectivity index (χ1) is 11.4. The minimum Gasteiger partial charge on any atom is -0.413 e. The van der Waals surface area contributed by atoms with Crippen LogP contribution in [-0.4, -0.2) is 16.7 Å². The summed E-state index contributed by atoms with van der Waals surface area (Å²) in [5.41, 5.74) is 6.88. The summed E-state index contributed by atoms with van der Waals surface area (Å²) in [4.78, 5) is 0.528. The Labute approximate surface area is 152 Å². The van der Waals surface area contributed by atoms with Gasteiger partial charge in [0.2, 0.25) is 9.84 Å². The minimum absolute atomic E-state index is 0.0672. The fourth-order valence-electron chi connectivity index (χ4n) is 2.13. The van der Waals surface area contributed by atoms with Crippen molar-refractivity contribution in [2.45, 2.75) is 55.3 Å². The van der Waals surface area contributed by atoms with E-state index in [1.807, 2.05) is 12.1 Å². The number of hydrogen-bond acceptors (Lipinski definition) is 4. The number of nitrogen functional groups attached to an aromatic ring is 1. The SMILES string of the molecule is CC(C)(C)[Si](C)(C)OCc1ccccc1S(=O)(=O)c1ccc(N)cc1. The van der Waals surface area contributed by atoms with Crippen LogP contribution in [0.3, 0.4) is 0 Å². The molecule has 0 aliphatic carbocycles. The highest BCUT2D eigenvalue weighted by atomic mass is 32.2. The van der Waals surface area contributed by atoms with Crippen LogP contribution < -0.4 is 5.73 Å². The number of hydrogen-bond donors (Lipinski definition) is 1.